The fourth-order valence-electron chi connectivity index (χ4n) is 1.60. The van der Waals surface area contributed by atoms with Crippen LogP contribution in [0.1, 0.15) is 19.0 Å². The number of anilines is 1. The third kappa shape index (κ3) is 2.09. The lowest BCUT2D eigenvalue weighted by Crippen LogP contribution is -2.03. The molecule has 16 heavy (non-hydrogen) atoms. The van der Waals surface area contributed by atoms with Gasteiger partial charge in [-0.2, -0.15) is 0 Å². The highest BCUT2D eigenvalue weighted by atomic mass is 79.9. The molecule has 0 bridgehead atoms. The van der Waals surface area contributed by atoms with E-state index in [-0.39, 0.29) is 0 Å². The number of aromatic nitrogens is 3. The molecule has 5 heteroatoms. The Balaban J connectivity index is 2.47. The molecule has 0 aliphatic rings. The summed E-state index contributed by atoms with van der Waals surface area (Å²) in [7, 11) is 0. The molecule has 1 heterocycles. The van der Waals surface area contributed by atoms with Gasteiger partial charge in [0.15, 0.2) is 5.82 Å². The van der Waals surface area contributed by atoms with E-state index in [4.69, 9.17) is 5.73 Å². The largest absolute Gasteiger partial charge is 0.381 e. The van der Waals surface area contributed by atoms with E-state index in [0.717, 1.165) is 28.7 Å². The van der Waals surface area contributed by atoms with Gasteiger partial charge in [-0.1, -0.05) is 40.6 Å². The van der Waals surface area contributed by atoms with Gasteiger partial charge in [0.05, 0.1) is 11.4 Å². The number of nitrogens with two attached hydrogens (primary N) is 1. The van der Waals surface area contributed by atoms with E-state index in [1.807, 2.05) is 24.3 Å². The smallest absolute Gasteiger partial charge is 0.169 e. The highest BCUT2D eigenvalue weighted by molar-refractivity contribution is 9.10. The van der Waals surface area contributed by atoms with Crippen molar-refractivity contribution in [2.75, 3.05) is 5.73 Å². The topological polar surface area (TPSA) is 56.7 Å². The van der Waals surface area contributed by atoms with Gasteiger partial charge in [-0.3, -0.25) is 0 Å². The summed E-state index contributed by atoms with van der Waals surface area (Å²) >= 11 is 3.44. The molecule has 1 aromatic carbocycles. The van der Waals surface area contributed by atoms with Gasteiger partial charge in [-0.25, -0.2) is 4.68 Å². The van der Waals surface area contributed by atoms with Gasteiger partial charge in [0.2, 0.25) is 0 Å². The standard InChI is InChI=1S/C11H13BrN4/c1-2-4-10-11(13)14-15-16(10)9-6-3-5-8(12)7-9/h3,5-7H,2,4,13H2,1H3. The van der Waals surface area contributed by atoms with Gasteiger partial charge in [-0.15, -0.1) is 5.10 Å². The summed E-state index contributed by atoms with van der Waals surface area (Å²) in [6, 6.07) is 7.92. The summed E-state index contributed by atoms with van der Waals surface area (Å²) in [5.41, 5.74) is 7.74. The number of nitrogen functional groups attached to an aromatic ring is 1. The molecular formula is C11H13BrN4. The quantitative estimate of drug-likeness (QED) is 0.940. The summed E-state index contributed by atoms with van der Waals surface area (Å²) < 4.78 is 2.81. The molecule has 84 valence electrons. The lowest BCUT2D eigenvalue weighted by molar-refractivity contribution is 0.745. The van der Waals surface area contributed by atoms with E-state index in [1.165, 1.54) is 0 Å². The molecule has 0 amide bonds. The second-order valence-electron chi connectivity index (χ2n) is 3.56. The van der Waals surface area contributed by atoms with Crippen molar-refractivity contribution in [1.29, 1.82) is 0 Å². The Hall–Kier alpha value is -1.36. The van der Waals surface area contributed by atoms with E-state index >= 15 is 0 Å². The Morgan fingerprint density at radius 3 is 2.94 bits per heavy atom. The number of hydrogen-bond donors (Lipinski definition) is 1. The van der Waals surface area contributed by atoms with Crippen LogP contribution < -0.4 is 5.73 Å². The average Bonchev–Trinajstić information content (AvgIpc) is 2.61. The zero-order valence-corrected chi connectivity index (χ0v) is 10.6. The van der Waals surface area contributed by atoms with E-state index in [1.54, 1.807) is 4.68 Å². The van der Waals surface area contributed by atoms with E-state index in [0.29, 0.717) is 5.82 Å². The molecule has 2 N–H and O–H groups in total. The van der Waals surface area contributed by atoms with Gasteiger partial charge in [0.1, 0.15) is 0 Å². The summed E-state index contributed by atoms with van der Waals surface area (Å²) in [4.78, 5) is 0. The Morgan fingerprint density at radius 1 is 1.44 bits per heavy atom. The summed E-state index contributed by atoms with van der Waals surface area (Å²) in [6.45, 7) is 2.11. The van der Waals surface area contributed by atoms with Crippen LogP contribution in [0.2, 0.25) is 0 Å². The molecule has 0 spiro atoms. The first kappa shape index (κ1) is 11.1. The van der Waals surface area contributed by atoms with Crippen molar-refractivity contribution >= 4 is 21.7 Å². The third-order valence-corrected chi connectivity index (χ3v) is 2.83. The first-order valence-corrected chi connectivity index (χ1v) is 5.97. The summed E-state index contributed by atoms with van der Waals surface area (Å²) in [5.74, 6) is 0.516. The van der Waals surface area contributed by atoms with Crippen LogP contribution >= 0.6 is 15.9 Å². The molecule has 0 radical (unpaired) electrons. The molecule has 1 aromatic heterocycles. The fourth-order valence-corrected chi connectivity index (χ4v) is 1.99. The Morgan fingerprint density at radius 2 is 2.25 bits per heavy atom. The van der Waals surface area contributed by atoms with E-state index < -0.39 is 0 Å². The Kier molecular flexibility index (Phi) is 3.24. The van der Waals surface area contributed by atoms with Gasteiger partial charge < -0.3 is 5.73 Å². The summed E-state index contributed by atoms with van der Waals surface area (Å²) in [6.07, 6.45) is 1.90. The molecule has 0 saturated carbocycles. The summed E-state index contributed by atoms with van der Waals surface area (Å²) in [5, 5.41) is 7.98. The first-order valence-electron chi connectivity index (χ1n) is 5.18. The van der Waals surface area contributed by atoms with Crippen molar-refractivity contribution in [2.45, 2.75) is 19.8 Å². The molecule has 2 aromatic rings. The molecule has 2 rings (SSSR count). The van der Waals surface area contributed by atoms with Gasteiger partial charge in [0, 0.05) is 4.47 Å². The second kappa shape index (κ2) is 4.65. The van der Waals surface area contributed by atoms with Crippen LogP contribution in [0.25, 0.3) is 5.69 Å². The van der Waals surface area contributed by atoms with Crippen molar-refractivity contribution in [2.24, 2.45) is 0 Å². The minimum Gasteiger partial charge on any atom is -0.381 e. The fraction of sp³-hybridized carbons (Fsp3) is 0.273. The van der Waals surface area contributed by atoms with Crippen molar-refractivity contribution in [1.82, 2.24) is 15.0 Å². The maximum absolute atomic E-state index is 5.80. The molecule has 0 fully saturated rings. The molecule has 0 aliphatic heterocycles. The van der Waals surface area contributed by atoms with Crippen molar-refractivity contribution < 1.29 is 0 Å². The molecule has 0 atom stereocenters. The number of rotatable bonds is 3. The lowest BCUT2D eigenvalue weighted by Gasteiger charge is -2.05. The molecule has 0 unspecified atom stereocenters. The Labute approximate surface area is 103 Å². The molecule has 4 nitrogen and oxygen atoms in total. The number of halogens is 1. The zero-order chi connectivity index (χ0) is 11.5. The van der Waals surface area contributed by atoms with Gasteiger partial charge >= 0.3 is 0 Å². The highest BCUT2D eigenvalue weighted by Crippen LogP contribution is 2.19. The highest BCUT2D eigenvalue weighted by Gasteiger charge is 2.10. The van der Waals surface area contributed by atoms with Crippen LogP contribution in [-0.4, -0.2) is 15.0 Å². The number of benzene rings is 1. The number of hydrogen-bond acceptors (Lipinski definition) is 3. The minimum atomic E-state index is 0.516. The molecule has 0 aliphatic carbocycles. The van der Waals surface area contributed by atoms with Gasteiger partial charge in [0.25, 0.3) is 0 Å². The molecule has 0 saturated heterocycles. The van der Waals surface area contributed by atoms with E-state index in [9.17, 15) is 0 Å². The maximum Gasteiger partial charge on any atom is 0.169 e. The number of nitrogens with zero attached hydrogens (tertiary/aromatic N) is 3. The van der Waals surface area contributed by atoms with Crippen LogP contribution in [0.5, 0.6) is 0 Å². The second-order valence-corrected chi connectivity index (χ2v) is 4.48. The monoisotopic (exact) mass is 280 g/mol. The van der Waals surface area contributed by atoms with Crippen molar-refractivity contribution in [3.05, 3.63) is 34.4 Å². The third-order valence-electron chi connectivity index (χ3n) is 2.33. The predicted molar refractivity (Wildman–Crippen MR) is 67.5 cm³/mol. The predicted octanol–water partition coefficient (Wildman–Crippen LogP) is 2.56. The molecular weight excluding hydrogens is 268 g/mol. The Bertz CT molecular complexity index is 492. The first-order chi connectivity index (χ1) is 7.72. The average molecular weight is 281 g/mol. The maximum atomic E-state index is 5.80. The lowest BCUT2D eigenvalue weighted by atomic mass is 10.2. The van der Waals surface area contributed by atoms with E-state index in [2.05, 4.69) is 33.2 Å². The van der Waals surface area contributed by atoms with Crippen LogP contribution in [0.4, 0.5) is 5.82 Å². The van der Waals surface area contributed by atoms with Gasteiger partial charge in [-0.05, 0) is 24.6 Å². The zero-order valence-electron chi connectivity index (χ0n) is 9.02. The van der Waals surface area contributed by atoms with Crippen LogP contribution in [-0.2, 0) is 6.42 Å². The van der Waals surface area contributed by atoms with Crippen LogP contribution in [0.15, 0.2) is 28.7 Å². The SMILES string of the molecule is CCCc1c(N)nnn1-c1cccc(Br)c1. The van der Waals surface area contributed by atoms with Crippen LogP contribution in [0.3, 0.4) is 0 Å². The van der Waals surface area contributed by atoms with Crippen LogP contribution in [0, 0.1) is 0 Å². The minimum absolute atomic E-state index is 0.516. The normalized spacial score (nSPS) is 10.6. The van der Waals surface area contributed by atoms with Crippen molar-refractivity contribution in [3.8, 4) is 5.69 Å². The van der Waals surface area contributed by atoms with Crippen molar-refractivity contribution in [3.63, 3.8) is 0 Å².